The first kappa shape index (κ1) is 16.6. The number of hydrogen-bond acceptors (Lipinski definition) is 3. The van der Waals surface area contributed by atoms with Gasteiger partial charge in [-0.15, -0.1) is 0 Å². The highest BCUT2D eigenvalue weighted by Crippen LogP contribution is 2.28. The molecule has 1 aliphatic rings. The maximum absolute atomic E-state index is 12.8. The van der Waals surface area contributed by atoms with Crippen LogP contribution in [0.3, 0.4) is 0 Å². The van der Waals surface area contributed by atoms with Crippen LogP contribution in [0.2, 0.25) is 0 Å². The maximum atomic E-state index is 12.8. The Labute approximate surface area is 153 Å². The van der Waals surface area contributed by atoms with Gasteiger partial charge in [0.25, 0.3) is 5.91 Å². The summed E-state index contributed by atoms with van der Waals surface area (Å²) < 4.78 is 5.95. The molecule has 1 aliphatic carbocycles. The molecule has 1 N–H and O–H groups in total. The Kier molecular flexibility index (Phi) is 4.82. The van der Waals surface area contributed by atoms with Gasteiger partial charge in [0.15, 0.2) is 5.76 Å². The summed E-state index contributed by atoms with van der Waals surface area (Å²) in [7, 11) is 0. The number of oxazole rings is 1. The Morgan fingerprint density at radius 1 is 0.962 bits per heavy atom. The molecule has 132 valence electrons. The number of carbonyl (C=O) groups is 1. The van der Waals surface area contributed by atoms with Crippen molar-refractivity contribution in [1.82, 2.24) is 10.3 Å². The Balaban J connectivity index is 1.60. The van der Waals surface area contributed by atoms with Crippen molar-refractivity contribution < 1.29 is 9.21 Å². The predicted molar refractivity (Wildman–Crippen MR) is 102 cm³/mol. The highest BCUT2D eigenvalue weighted by atomic mass is 16.4. The molecular formula is C22H22N2O2. The van der Waals surface area contributed by atoms with Gasteiger partial charge in [0.05, 0.1) is 11.8 Å². The lowest BCUT2D eigenvalue weighted by Gasteiger charge is -2.23. The van der Waals surface area contributed by atoms with E-state index < -0.39 is 0 Å². The number of carbonyl (C=O) groups excluding carboxylic acids is 1. The summed E-state index contributed by atoms with van der Waals surface area (Å²) in [5.74, 6) is 1.12. The van der Waals surface area contributed by atoms with E-state index >= 15 is 0 Å². The lowest BCUT2D eigenvalue weighted by atomic mass is 9.95. The topological polar surface area (TPSA) is 55.1 Å². The van der Waals surface area contributed by atoms with Gasteiger partial charge in [-0.1, -0.05) is 61.7 Å². The van der Waals surface area contributed by atoms with Crippen LogP contribution in [-0.4, -0.2) is 16.9 Å². The van der Waals surface area contributed by atoms with Crippen LogP contribution < -0.4 is 5.32 Å². The van der Waals surface area contributed by atoms with E-state index in [1.807, 2.05) is 54.6 Å². The molecule has 0 radical (unpaired) electrons. The second-order valence-corrected chi connectivity index (χ2v) is 6.75. The number of benzene rings is 2. The number of amides is 1. The van der Waals surface area contributed by atoms with Crippen LogP contribution in [0.1, 0.15) is 42.5 Å². The summed E-state index contributed by atoms with van der Waals surface area (Å²) in [6.07, 6.45) is 7.47. The largest absolute Gasteiger partial charge is 0.436 e. The van der Waals surface area contributed by atoms with E-state index in [2.05, 4.69) is 10.3 Å². The molecule has 0 atom stereocenters. The third-order valence-corrected chi connectivity index (χ3v) is 4.91. The number of nitrogens with one attached hydrogen (secondary N) is 1. The van der Waals surface area contributed by atoms with E-state index in [1.54, 1.807) is 6.20 Å². The van der Waals surface area contributed by atoms with Gasteiger partial charge in [-0.25, -0.2) is 4.98 Å². The molecule has 3 aromatic rings. The fraction of sp³-hybridized carbons (Fsp3) is 0.273. The second-order valence-electron chi connectivity index (χ2n) is 6.75. The number of nitrogens with zero attached hydrogens (tertiary/aromatic N) is 1. The average Bonchev–Trinajstić information content (AvgIpc) is 3.19. The molecule has 0 bridgehead atoms. The third kappa shape index (κ3) is 3.54. The zero-order valence-electron chi connectivity index (χ0n) is 14.7. The summed E-state index contributed by atoms with van der Waals surface area (Å²) in [5, 5.41) is 3.18. The van der Waals surface area contributed by atoms with Crippen molar-refractivity contribution in [2.45, 2.75) is 38.1 Å². The molecule has 1 aromatic heterocycles. The molecule has 1 fully saturated rings. The van der Waals surface area contributed by atoms with E-state index in [0.717, 1.165) is 24.0 Å². The molecular weight excluding hydrogens is 324 g/mol. The number of hydrogen-bond donors (Lipinski definition) is 1. The zero-order chi connectivity index (χ0) is 17.8. The summed E-state index contributed by atoms with van der Waals surface area (Å²) in [6, 6.07) is 17.6. The van der Waals surface area contributed by atoms with E-state index in [1.165, 1.54) is 19.3 Å². The van der Waals surface area contributed by atoms with Crippen LogP contribution >= 0.6 is 0 Å². The Morgan fingerprint density at radius 3 is 2.50 bits per heavy atom. The predicted octanol–water partition coefficient (Wildman–Crippen LogP) is 5.07. The van der Waals surface area contributed by atoms with E-state index in [4.69, 9.17) is 4.42 Å². The first-order valence-electron chi connectivity index (χ1n) is 9.23. The molecule has 1 amide bonds. The highest BCUT2D eigenvalue weighted by molar-refractivity contribution is 6.00. The zero-order valence-corrected chi connectivity index (χ0v) is 14.7. The van der Waals surface area contributed by atoms with Crippen LogP contribution in [0.5, 0.6) is 0 Å². The smallest absolute Gasteiger partial charge is 0.252 e. The molecule has 0 spiro atoms. The van der Waals surface area contributed by atoms with Gasteiger partial charge in [0.2, 0.25) is 5.89 Å². The van der Waals surface area contributed by atoms with Crippen LogP contribution in [0.15, 0.2) is 65.2 Å². The van der Waals surface area contributed by atoms with Crippen LogP contribution in [0.4, 0.5) is 0 Å². The standard InChI is InChI=1S/C22H22N2O2/c25-21(24-17-11-5-2-6-12-17)18-13-7-8-14-19(18)22-23-15-20(26-22)16-9-3-1-4-10-16/h1,3-4,7-10,13-15,17H,2,5-6,11-12H2,(H,24,25). The van der Waals surface area contributed by atoms with Gasteiger partial charge in [-0.3, -0.25) is 4.79 Å². The number of rotatable bonds is 4. The monoisotopic (exact) mass is 346 g/mol. The minimum absolute atomic E-state index is 0.0491. The molecule has 26 heavy (non-hydrogen) atoms. The number of aromatic nitrogens is 1. The van der Waals surface area contributed by atoms with Gasteiger partial charge >= 0.3 is 0 Å². The lowest BCUT2D eigenvalue weighted by Crippen LogP contribution is -2.36. The summed E-state index contributed by atoms with van der Waals surface area (Å²) in [6.45, 7) is 0. The van der Waals surface area contributed by atoms with Crippen molar-refractivity contribution in [2.24, 2.45) is 0 Å². The van der Waals surface area contributed by atoms with Gasteiger partial charge in [0, 0.05) is 17.2 Å². The van der Waals surface area contributed by atoms with Crippen molar-refractivity contribution in [1.29, 1.82) is 0 Å². The molecule has 2 aromatic carbocycles. The highest BCUT2D eigenvalue weighted by Gasteiger charge is 2.20. The van der Waals surface area contributed by atoms with E-state index in [-0.39, 0.29) is 11.9 Å². The molecule has 1 saturated carbocycles. The van der Waals surface area contributed by atoms with Gasteiger partial charge < -0.3 is 9.73 Å². The van der Waals surface area contributed by atoms with Crippen LogP contribution in [0.25, 0.3) is 22.8 Å². The summed E-state index contributed by atoms with van der Waals surface area (Å²) in [5.41, 5.74) is 2.30. The van der Waals surface area contributed by atoms with Crippen molar-refractivity contribution in [2.75, 3.05) is 0 Å². The Hall–Kier alpha value is -2.88. The van der Waals surface area contributed by atoms with Crippen molar-refractivity contribution >= 4 is 5.91 Å². The maximum Gasteiger partial charge on any atom is 0.252 e. The van der Waals surface area contributed by atoms with Gasteiger partial charge in [-0.05, 0) is 25.0 Å². The fourth-order valence-corrected chi connectivity index (χ4v) is 3.51. The molecule has 4 nitrogen and oxygen atoms in total. The molecule has 4 rings (SSSR count). The van der Waals surface area contributed by atoms with Crippen molar-refractivity contribution in [3.8, 4) is 22.8 Å². The molecule has 1 heterocycles. The van der Waals surface area contributed by atoms with Crippen LogP contribution in [0, 0.1) is 0 Å². The second kappa shape index (κ2) is 7.56. The normalized spacial score (nSPS) is 14.9. The summed E-state index contributed by atoms with van der Waals surface area (Å²) >= 11 is 0. The minimum atomic E-state index is -0.0491. The molecule has 4 heteroatoms. The molecule has 0 saturated heterocycles. The van der Waals surface area contributed by atoms with Crippen molar-refractivity contribution in [3.05, 3.63) is 66.4 Å². The Bertz CT molecular complexity index is 880. The Morgan fingerprint density at radius 2 is 1.69 bits per heavy atom. The lowest BCUT2D eigenvalue weighted by molar-refractivity contribution is 0.0928. The van der Waals surface area contributed by atoms with E-state index in [0.29, 0.717) is 17.2 Å². The SMILES string of the molecule is O=C(NC1CCCCC1)c1ccccc1-c1ncc(-c2ccccc2)o1. The van der Waals surface area contributed by atoms with E-state index in [9.17, 15) is 4.79 Å². The molecule has 0 unspecified atom stereocenters. The molecule has 0 aliphatic heterocycles. The minimum Gasteiger partial charge on any atom is -0.436 e. The van der Waals surface area contributed by atoms with Crippen LogP contribution in [-0.2, 0) is 0 Å². The first-order valence-corrected chi connectivity index (χ1v) is 9.23. The van der Waals surface area contributed by atoms with Crippen molar-refractivity contribution in [3.63, 3.8) is 0 Å². The first-order chi connectivity index (χ1) is 12.8. The van der Waals surface area contributed by atoms with Gasteiger partial charge in [0.1, 0.15) is 0 Å². The third-order valence-electron chi connectivity index (χ3n) is 4.91. The van der Waals surface area contributed by atoms with Gasteiger partial charge in [-0.2, -0.15) is 0 Å². The summed E-state index contributed by atoms with van der Waals surface area (Å²) in [4.78, 5) is 17.2. The average molecular weight is 346 g/mol. The fourth-order valence-electron chi connectivity index (χ4n) is 3.51. The quantitative estimate of drug-likeness (QED) is 0.717.